The summed E-state index contributed by atoms with van der Waals surface area (Å²) in [5.41, 5.74) is 0.363. The van der Waals surface area contributed by atoms with Gasteiger partial charge >= 0.3 is 6.03 Å². The normalized spacial score (nSPS) is 20.5. The summed E-state index contributed by atoms with van der Waals surface area (Å²) in [6.07, 6.45) is 5.08. The minimum atomic E-state index is -0.251. The molecule has 1 N–H and O–H groups in total. The van der Waals surface area contributed by atoms with E-state index in [-0.39, 0.29) is 18.1 Å². The van der Waals surface area contributed by atoms with Crippen molar-refractivity contribution in [3.05, 3.63) is 35.9 Å². The number of urea groups is 1. The number of amides is 2. The first-order chi connectivity index (χ1) is 12.0. The molecule has 2 aromatic heterocycles. The number of hydrogen-bond acceptors (Lipinski definition) is 4. The standard InChI is InChI=1S/C18H23N5O2/c1-12(2)23-11-14(10-19)17(21-23)20-18(24)22-7-6-13(3)9-15(22)16-5-4-8-25-16/h4-5,8,11-13,15H,6-7,9H2,1-3H3,(H,20,21,24)/t13-,15-/m1/s1. The van der Waals surface area contributed by atoms with Gasteiger partial charge < -0.3 is 9.32 Å². The van der Waals surface area contributed by atoms with Gasteiger partial charge in [-0.05, 0) is 44.7 Å². The van der Waals surface area contributed by atoms with E-state index in [1.54, 1.807) is 22.0 Å². The Bertz CT molecular complexity index is 772. The summed E-state index contributed by atoms with van der Waals surface area (Å²) in [4.78, 5) is 14.6. The van der Waals surface area contributed by atoms with Gasteiger partial charge in [-0.1, -0.05) is 6.92 Å². The van der Waals surface area contributed by atoms with Crippen molar-refractivity contribution >= 4 is 11.8 Å². The molecule has 0 saturated carbocycles. The highest BCUT2D eigenvalue weighted by Crippen LogP contribution is 2.34. The molecule has 2 aromatic rings. The average molecular weight is 341 g/mol. The predicted molar refractivity (Wildman–Crippen MR) is 92.9 cm³/mol. The van der Waals surface area contributed by atoms with Gasteiger partial charge in [0.15, 0.2) is 5.82 Å². The maximum Gasteiger partial charge on any atom is 0.323 e. The van der Waals surface area contributed by atoms with Crippen LogP contribution in [0.1, 0.15) is 57.0 Å². The van der Waals surface area contributed by atoms with Crippen LogP contribution in [0.5, 0.6) is 0 Å². The number of furan rings is 1. The van der Waals surface area contributed by atoms with Gasteiger partial charge in [0.25, 0.3) is 0 Å². The molecule has 2 atom stereocenters. The Morgan fingerprint density at radius 1 is 1.52 bits per heavy atom. The van der Waals surface area contributed by atoms with Crippen molar-refractivity contribution in [1.82, 2.24) is 14.7 Å². The van der Waals surface area contributed by atoms with Gasteiger partial charge in [-0.15, -0.1) is 0 Å². The molecule has 1 aliphatic heterocycles. The van der Waals surface area contributed by atoms with Crippen molar-refractivity contribution < 1.29 is 9.21 Å². The maximum absolute atomic E-state index is 12.8. The number of carbonyl (C=O) groups excluding carboxylic acids is 1. The molecule has 7 heteroatoms. The van der Waals surface area contributed by atoms with Crippen LogP contribution in [0.4, 0.5) is 10.6 Å². The van der Waals surface area contributed by atoms with Gasteiger partial charge in [0.2, 0.25) is 0 Å². The molecular weight excluding hydrogens is 318 g/mol. The Labute approximate surface area is 147 Å². The second-order valence-corrected chi connectivity index (χ2v) is 6.86. The van der Waals surface area contributed by atoms with Crippen LogP contribution in [0.15, 0.2) is 29.0 Å². The number of nitrogens with one attached hydrogen (secondary N) is 1. The number of aromatic nitrogens is 2. The topological polar surface area (TPSA) is 87.1 Å². The molecule has 0 bridgehead atoms. The molecule has 3 heterocycles. The third-order valence-corrected chi connectivity index (χ3v) is 4.60. The van der Waals surface area contributed by atoms with Crippen LogP contribution in [0.25, 0.3) is 0 Å². The summed E-state index contributed by atoms with van der Waals surface area (Å²) < 4.78 is 7.22. The van der Waals surface area contributed by atoms with E-state index in [9.17, 15) is 10.1 Å². The number of likely N-dealkylation sites (tertiary alicyclic amines) is 1. The molecule has 132 valence electrons. The first kappa shape index (κ1) is 17.1. The molecule has 0 radical (unpaired) electrons. The number of piperidine rings is 1. The summed E-state index contributed by atoms with van der Waals surface area (Å²) >= 11 is 0. The SMILES string of the molecule is CC(C)n1cc(C#N)c(NC(=O)N2CC[C@@H](C)C[C@@H]2c2ccco2)n1. The quantitative estimate of drug-likeness (QED) is 0.916. The van der Waals surface area contributed by atoms with Crippen LogP contribution in [-0.4, -0.2) is 27.3 Å². The number of carbonyl (C=O) groups is 1. The monoisotopic (exact) mass is 341 g/mol. The molecule has 3 rings (SSSR count). The van der Waals surface area contributed by atoms with Crippen molar-refractivity contribution in [1.29, 1.82) is 5.26 Å². The zero-order valence-electron chi connectivity index (χ0n) is 14.8. The van der Waals surface area contributed by atoms with Crippen molar-refractivity contribution in [3.8, 4) is 6.07 Å². The molecular formula is C18H23N5O2. The van der Waals surface area contributed by atoms with E-state index in [2.05, 4.69) is 23.4 Å². The van der Waals surface area contributed by atoms with Crippen LogP contribution >= 0.6 is 0 Å². The average Bonchev–Trinajstić information content (AvgIpc) is 3.24. The molecule has 25 heavy (non-hydrogen) atoms. The lowest BCUT2D eigenvalue weighted by molar-refractivity contribution is 0.129. The summed E-state index contributed by atoms with van der Waals surface area (Å²) in [5.74, 6) is 1.61. The van der Waals surface area contributed by atoms with Crippen LogP contribution in [0.3, 0.4) is 0 Å². The van der Waals surface area contributed by atoms with E-state index in [1.165, 1.54) is 0 Å². The first-order valence-corrected chi connectivity index (χ1v) is 8.60. The molecule has 0 spiro atoms. The van der Waals surface area contributed by atoms with Crippen LogP contribution in [0.2, 0.25) is 0 Å². The summed E-state index contributed by atoms with van der Waals surface area (Å²) in [6, 6.07) is 5.59. The van der Waals surface area contributed by atoms with Gasteiger partial charge in [0.1, 0.15) is 17.4 Å². The molecule has 1 aliphatic rings. The highest BCUT2D eigenvalue weighted by molar-refractivity contribution is 5.89. The lowest BCUT2D eigenvalue weighted by atomic mass is 9.91. The maximum atomic E-state index is 12.8. The van der Waals surface area contributed by atoms with Crippen molar-refractivity contribution in [2.75, 3.05) is 11.9 Å². The van der Waals surface area contributed by atoms with Gasteiger partial charge in [-0.3, -0.25) is 10.00 Å². The van der Waals surface area contributed by atoms with Crippen molar-refractivity contribution in [2.24, 2.45) is 5.92 Å². The molecule has 0 aliphatic carbocycles. The Hall–Kier alpha value is -2.75. The Balaban J connectivity index is 1.81. The first-order valence-electron chi connectivity index (χ1n) is 8.60. The third-order valence-electron chi connectivity index (χ3n) is 4.60. The minimum absolute atomic E-state index is 0.100. The zero-order valence-corrected chi connectivity index (χ0v) is 14.8. The Morgan fingerprint density at radius 3 is 2.96 bits per heavy atom. The fourth-order valence-electron chi connectivity index (χ4n) is 3.14. The smallest absolute Gasteiger partial charge is 0.323 e. The van der Waals surface area contributed by atoms with Gasteiger partial charge in [0.05, 0.1) is 12.3 Å². The highest BCUT2D eigenvalue weighted by atomic mass is 16.3. The van der Waals surface area contributed by atoms with Gasteiger partial charge in [-0.25, -0.2) is 4.79 Å². The van der Waals surface area contributed by atoms with E-state index in [0.717, 1.165) is 18.6 Å². The second-order valence-electron chi connectivity index (χ2n) is 6.86. The Morgan fingerprint density at radius 2 is 2.32 bits per heavy atom. The van der Waals surface area contributed by atoms with Crippen LogP contribution < -0.4 is 5.32 Å². The van der Waals surface area contributed by atoms with E-state index >= 15 is 0 Å². The fraction of sp³-hybridized carbons (Fsp3) is 0.500. The second kappa shape index (κ2) is 7.01. The minimum Gasteiger partial charge on any atom is -0.467 e. The third kappa shape index (κ3) is 3.53. The van der Waals surface area contributed by atoms with E-state index in [1.807, 2.05) is 26.0 Å². The number of nitrogens with zero attached hydrogens (tertiary/aromatic N) is 4. The summed E-state index contributed by atoms with van der Waals surface area (Å²) in [6.45, 7) is 6.77. The largest absolute Gasteiger partial charge is 0.467 e. The van der Waals surface area contributed by atoms with Crippen LogP contribution in [-0.2, 0) is 0 Å². The van der Waals surface area contributed by atoms with Gasteiger partial charge in [-0.2, -0.15) is 10.4 Å². The number of hydrogen-bond donors (Lipinski definition) is 1. The molecule has 1 fully saturated rings. The molecule has 0 aromatic carbocycles. The molecule has 0 unspecified atom stereocenters. The zero-order chi connectivity index (χ0) is 18.0. The van der Waals surface area contributed by atoms with E-state index in [4.69, 9.17) is 4.42 Å². The number of nitriles is 1. The van der Waals surface area contributed by atoms with Gasteiger partial charge in [0, 0.05) is 18.8 Å². The van der Waals surface area contributed by atoms with E-state index in [0.29, 0.717) is 23.8 Å². The molecule has 2 amide bonds. The number of rotatable bonds is 3. The molecule has 7 nitrogen and oxygen atoms in total. The molecule has 1 saturated heterocycles. The van der Waals surface area contributed by atoms with Crippen molar-refractivity contribution in [3.63, 3.8) is 0 Å². The van der Waals surface area contributed by atoms with Crippen LogP contribution in [0, 0.1) is 17.2 Å². The predicted octanol–water partition coefficient (Wildman–Crippen LogP) is 3.93. The highest BCUT2D eigenvalue weighted by Gasteiger charge is 2.33. The summed E-state index contributed by atoms with van der Waals surface area (Å²) in [5, 5.41) is 16.4. The number of anilines is 1. The lowest BCUT2D eigenvalue weighted by Crippen LogP contribution is -2.43. The summed E-state index contributed by atoms with van der Waals surface area (Å²) in [7, 11) is 0. The lowest BCUT2D eigenvalue weighted by Gasteiger charge is -2.37. The van der Waals surface area contributed by atoms with Crippen molar-refractivity contribution in [2.45, 2.75) is 45.7 Å². The fourth-order valence-corrected chi connectivity index (χ4v) is 3.14. The Kier molecular flexibility index (Phi) is 4.79. The van der Waals surface area contributed by atoms with E-state index < -0.39 is 0 Å².